The van der Waals surface area contributed by atoms with Crippen molar-refractivity contribution < 1.29 is 19.4 Å². The van der Waals surface area contributed by atoms with E-state index in [1.165, 1.54) is 4.90 Å². The Bertz CT molecular complexity index is 638. The van der Waals surface area contributed by atoms with Crippen LogP contribution in [-0.4, -0.2) is 48.3 Å². The summed E-state index contributed by atoms with van der Waals surface area (Å²) >= 11 is 0. The Morgan fingerprint density at radius 3 is 2.35 bits per heavy atom. The zero-order valence-corrected chi connectivity index (χ0v) is 13.7. The molecule has 3 rings (SSSR count). The fourth-order valence-corrected chi connectivity index (χ4v) is 3.47. The molecule has 124 valence electrons. The van der Waals surface area contributed by atoms with Gasteiger partial charge in [-0.1, -0.05) is 17.7 Å². The van der Waals surface area contributed by atoms with Gasteiger partial charge in [0.2, 0.25) is 0 Å². The predicted molar refractivity (Wildman–Crippen MR) is 84.0 cm³/mol. The molecule has 23 heavy (non-hydrogen) atoms. The Kier molecular flexibility index (Phi) is 3.90. The molecule has 1 aromatic carbocycles. The molecule has 2 heterocycles. The first kappa shape index (κ1) is 16.0. The van der Waals surface area contributed by atoms with Crippen LogP contribution < -0.4 is 5.32 Å². The molecule has 6 heteroatoms. The van der Waals surface area contributed by atoms with E-state index in [-0.39, 0.29) is 19.1 Å². The first-order chi connectivity index (χ1) is 10.9. The Morgan fingerprint density at radius 1 is 1.26 bits per heavy atom. The maximum atomic E-state index is 12.8. The molecule has 0 aliphatic carbocycles. The Hall–Kier alpha value is -1.92. The lowest BCUT2D eigenvalue weighted by molar-refractivity contribution is -0.152. The van der Waals surface area contributed by atoms with Crippen LogP contribution >= 0.6 is 0 Å². The van der Waals surface area contributed by atoms with Gasteiger partial charge in [-0.05, 0) is 37.5 Å². The minimum absolute atomic E-state index is 0.0999. The number of benzene rings is 1. The molecule has 2 saturated heterocycles. The number of hydrogen-bond acceptors (Lipinski definition) is 4. The highest BCUT2D eigenvalue weighted by Crippen LogP contribution is 2.33. The van der Waals surface area contributed by atoms with Gasteiger partial charge < -0.3 is 15.2 Å². The average molecular weight is 318 g/mol. The number of rotatable bonds is 4. The van der Waals surface area contributed by atoms with Crippen molar-refractivity contribution in [1.82, 2.24) is 10.2 Å². The zero-order valence-electron chi connectivity index (χ0n) is 13.7. The summed E-state index contributed by atoms with van der Waals surface area (Å²) in [5, 5.41) is 12.3. The average Bonchev–Trinajstić information content (AvgIpc) is 2.69. The molecular formula is C17H22N2O4. The minimum atomic E-state index is -0.653. The summed E-state index contributed by atoms with van der Waals surface area (Å²) in [6.45, 7) is 6.74. The van der Waals surface area contributed by atoms with Crippen molar-refractivity contribution in [3.63, 3.8) is 0 Å². The third-order valence-electron chi connectivity index (χ3n) is 4.70. The van der Waals surface area contributed by atoms with Gasteiger partial charge in [-0.3, -0.25) is 9.69 Å². The van der Waals surface area contributed by atoms with Crippen LogP contribution in [-0.2, 0) is 9.53 Å². The highest BCUT2D eigenvalue weighted by atomic mass is 16.5. The molecule has 0 spiro atoms. The quantitative estimate of drug-likeness (QED) is 0.818. The number of aliphatic hydroxyl groups is 1. The first-order valence-corrected chi connectivity index (χ1v) is 7.75. The molecule has 0 radical (unpaired) electrons. The number of urea groups is 1. The number of nitrogens with one attached hydrogen (secondary N) is 1. The molecule has 0 bridgehead atoms. The van der Waals surface area contributed by atoms with Crippen LogP contribution in [0, 0.1) is 26.2 Å². The van der Waals surface area contributed by atoms with E-state index in [0.29, 0.717) is 13.2 Å². The van der Waals surface area contributed by atoms with E-state index in [9.17, 15) is 14.7 Å². The third-order valence-corrected chi connectivity index (χ3v) is 4.70. The van der Waals surface area contributed by atoms with Crippen molar-refractivity contribution in [3.05, 3.63) is 34.4 Å². The molecular weight excluding hydrogens is 296 g/mol. The predicted octanol–water partition coefficient (Wildman–Crippen LogP) is 1.21. The van der Waals surface area contributed by atoms with Crippen LogP contribution in [0.4, 0.5) is 4.79 Å². The first-order valence-electron chi connectivity index (χ1n) is 7.75. The maximum absolute atomic E-state index is 12.8. The second-order valence-electron chi connectivity index (χ2n) is 6.77. The summed E-state index contributed by atoms with van der Waals surface area (Å²) in [6, 6.07) is 2.97. The van der Waals surface area contributed by atoms with Crippen molar-refractivity contribution in [2.24, 2.45) is 5.41 Å². The Labute approximate surface area is 135 Å². The SMILES string of the molecule is Cc1cc(C)c([C@H]2NC(=O)N(CC3(CO)COC3)C2=O)c(C)c1. The third kappa shape index (κ3) is 2.62. The number of amides is 3. The van der Waals surface area contributed by atoms with E-state index in [0.717, 1.165) is 22.3 Å². The molecule has 6 nitrogen and oxygen atoms in total. The van der Waals surface area contributed by atoms with Gasteiger partial charge >= 0.3 is 6.03 Å². The molecule has 0 saturated carbocycles. The smallest absolute Gasteiger partial charge is 0.325 e. The van der Waals surface area contributed by atoms with Gasteiger partial charge in [-0.15, -0.1) is 0 Å². The summed E-state index contributed by atoms with van der Waals surface area (Å²) in [6.07, 6.45) is 0. The Morgan fingerprint density at radius 2 is 1.87 bits per heavy atom. The largest absolute Gasteiger partial charge is 0.396 e. The molecule has 2 aliphatic rings. The van der Waals surface area contributed by atoms with E-state index in [1.807, 2.05) is 32.9 Å². The van der Waals surface area contributed by atoms with E-state index >= 15 is 0 Å². The van der Waals surface area contributed by atoms with E-state index in [4.69, 9.17) is 4.74 Å². The van der Waals surface area contributed by atoms with Crippen molar-refractivity contribution in [2.45, 2.75) is 26.8 Å². The van der Waals surface area contributed by atoms with Gasteiger partial charge in [0.05, 0.1) is 25.2 Å². The molecule has 0 unspecified atom stereocenters. The zero-order chi connectivity index (χ0) is 16.8. The number of imide groups is 1. The topological polar surface area (TPSA) is 78.9 Å². The van der Waals surface area contributed by atoms with E-state index < -0.39 is 17.5 Å². The lowest BCUT2D eigenvalue weighted by atomic mass is 9.86. The van der Waals surface area contributed by atoms with Crippen LogP contribution in [0.2, 0.25) is 0 Å². The van der Waals surface area contributed by atoms with E-state index in [1.54, 1.807) is 0 Å². The van der Waals surface area contributed by atoms with Crippen LogP contribution in [0.25, 0.3) is 0 Å². The number of nitrogens with zero attached hydrogens (tertiary/aromatic N) is 1. The maximum Gasteiger partial charge on any atom is 0.325 e. The van der Waals surface area contributed by atoms with Crippen molar-refractivity contribution in [1.29, 1.82) is 0 Å². The van der Waals surface area contributed by atoms with Gasteiger partial charge in [-0.2, -0.15) is 0 Å². The van der Waals surface area contributed by atoms with Crippen molar-refractivity contribution >= 4 is 11.9 Å². The van der Waals surface area contributed by atoms with Gasteiger partial charge in [0.15, 0.2) is 0 Å². The molecule has 2 aliphatic heterocycles. The highest BCUT2D eigenvalue weighted by molar-refractivity contribution is 6.05. The van der Waals surface area contributed by atoms with Crippen LogP contribution in [0.1, 0.15) is 28.3 Å². The monoisotopic (exact) mass is 318 g/mol. The summed E-state index contributed by atoms with van der Waals surface area (Å²) in [5.41, 5.74) is 3.46. The number of aryl methyl sites for hydroxylation is 3. The molecule has 2 fully saturated rings. The van der Waals surface area contributed by atoms with Crippen LogP contribution in [0.5, 0.6) is 0 Å². The van der Waals surface area contributed by atoms with Crippen molar-refractivity contribution in [2.75, 3.05) is 26.4 Å². The lowest BCUT2D eigenvalue weighted by Gasteiger charge is -2.41. The van der Waals surface area contributed by atoms with Gasteiger partial charge in [-0.25, -0.2) is 4.79 Å². The summed E-state index contributed by atoms with van der Waals surface area (Å²) in [4.78, 5) is 26.2. The van der Waals surface area contributed by atoms with Gasteiger partial charge in [0, 0.05) is 6.54 Å². The fraction of sp³-hybridized carbons (Fsp3) is 0.529. The molecule has 1 atom stereocenters. The molecule has 1 aromatic rings. The number of carbonyl (C=O) groups excluding carboxylic acids is 2. The normalized spacial score (nSPS) is 23.0. The molecule has 3 amide bonds. The fourth-order valence-electron chi connectivity index (χ4n) is 3.47. The summed E-state index contributed by atoms with van der Waals surface area (Å²) in [7, 11) is 0. The second kappa shape index (κ2) is 5.62. The van der Waals surface area contributed by atoms with E-state index in [2.05, 4.69) is 5.32 Å². The Balaban J connectivity index is 1.87. The van der Waals surface area contributed by atoms with Gasteiger partial charge in [0.1, 0.15) is 6.04 Å². The molecule has 0 aromatic heterocycles. The lowest BCUT2D eigenvalue weighted by Crippen LogP contribution is -2.54. The number of ether oxygens (including phenoxy) is 1. The van der Waals surface area contributed by atoms with Crippen molar-refractivity contribution in [3.8, 4) is 0 Å². The number of carbonyl (C=O) groups is 2. The highest BCUT2D eigenvalue weighted by Gasteiger charge is 2.47. The summed E-state index contributed by atoms with van der Waals surface area (Å²) < 4.78 is 5.14. The standard InChI is InChI=1S/C17H22N2O4/c1-10-4-11(2)13(12(3)5-10)14-15(21)19(16(22)18-14)6-17(7-20)8-23-9-17/h4-5,14,20H,6-9H2,1-3H3,(H,18,22)/t14-/m1/s1. The van der Waals surface area contributed by atoms with Crippen LogP contribution in [0.3, 0.4) is 0 Å². The number of hydrogen-bond donors (Lipinski definition) is 2. The second-order valence-corrected chi connectivity index (χ2v) is 6.77. The summed E-state index contributed by atoms with van der Waals surface area (Å²) in [5.74, 6) is -0.259. The minimum Gasteiger partial charge on any atom is -0.396 e. The van der Waals surface area contributed by atoms with Gasteiger partial charge in [0.25, 0.3) is 5.91 Å². The number of aliphatic hydroxyl groups excluding tert-OH is 1. The molecule has 2 N–H and O–H groups in total. The van der Waals surface area contributed by atoms with Crippen LogP contribution in [0.15, 0.2) is 12.1 Å².